The van der Waals surface area contributed by atoms with Gasteiger partial charge in [-0.25, -0.2) is 0 Å². The molecular formula is C11H13NO3S2. The van der Waals surface area contributed by atoms with Crippen LogP contribution < -0.4 is 4.18 Å². The van der Waals surface area contributed by atoms with E-state index in [1.54, 1.807) is 18.2 Å². The van der Waals surface area contributed by atoms with Crippen LogP contribution in [0.3, 0.4) is 0 Å². The van der Waals surface area contributed by atoms with Gasteiger partial charge in [0.25, 0.3) is 0 Å². The van der Waals surface area contributed by atoms with E-state index < -0.39 is 10.1 Å². The Labute approximate surface area is 105 Å². The van der Waals surface area contributed by atoms with Gasteiger partial charge in [-0.15, -0.1) is 0 Å². The Balaban J connectivity index is 2.19. The number of rotatable bonds is 3. The van der Waals surface area contributed by atoms with E-state index in [-0.39, 0.29) is 4.38 Å². The predicted molar refractivity (Wildman–Crippen MR) is 70.1 cm³/mol. The lowest BCUT2D eigenvalue weighted by Gasteiger charge is -2.06. The van der Waals surface area contributed by atoms with Gasteiger partial charge in [0.05, 0.1) is 6.54 Å². The lowest BCUT2D eigenvalue weighted by Crippen LogP contribution is -2.16. The van der Waals surface area contributed by atoms with Crippen LogP contribution in [0.2, 0.25) is 0 Å². The van der Waals surface area contributed by atoms with Gasteiger partial charge >= 0.3 is 10.1 Å². The summed E-state index contributed by atoms with van der Waals surface area (Å²) in [6.45, 7) is 2.54. The molecule has 0 saturated carbocycles. The van der Waals surface area contributed by atoms with E-state index in [0.717, 1.165) is 12.0 Å². The first-order valence-corrected chi connectivity index (χ1v) is 7.72. The summed E-state index contributed by atoms with van der Waals surface area (Å²) in [6.07, 6.45) is 0.840. The Morgan fingerprint density at radius 1 is 1.47 bits per heavy atom. The van der Waals surface area contributed by atoms with Gasteiger partial charge in [-0.05, 0) is 24.1 Å². The Bertz CT molecular complexity index is 537. The summed E-state index contributed by atoms with van der Waals surface area (Å²) in [6, 6.07) is 7.09. The highest BCUT2D eigenvalue weighted by Gasteiger charge is 2.25. The second-order valence-electron chi connectivity index (χ2n) is 3.53. The molecule has 0 aromatic heterocycles. The van der Waals surface area contributed by atoms with E-state index in [0.29, 0.717) is 18.0 Å². The average Bonchev–Trinajstić information content (AvgIpc) is 2.83. The number of nitrogens with zero attached hydrogens (tertiary/aromatic N) is 1. The Hall–Kier alpha value is -1.01. The van der Waals surface area contributed by atoms with E-state index in [4.69, 9.17) is 4.18 Å². The van der Waals surface area contributed by atoms with Crippen molar-refractivity contribution in [2.75, 3.05) is 12.3 Å². The maximum Gasteiger partial charge on any atom is 0.362 e. The largest absolute Gasteiger partial charge is 0.378 e. The van der Waals surface area contributed by atoms with Crippen LogP contribution in [0.1, 0.15) is 12.5 Å². The SMILES string of the molecule is CCc1cccc(OS(=O)(=O)C2=NCCS2)c1. The van der Waals surface area contributed by atoms with Crippen molar-refractivity contribution in [3.05, 3.63) is 29.8 Å². The average molecular weight is 271 g/mol. The van der Waals surface area contributed by atoms with Crippen LogP contribution in [-0.4, -0.2) is 25.1 Å². The van der Waals surface area contributed by atoms with E-state index in [1.807, 2.05) is 13.0 Å². The number of thioether (sulfide) groups is 1. The van der Waals surface area contributed by atoms with Gasteiger partial charge in [0.15, 0.2) is 0 Å². The van der Waals surface area contributed by atoms with Gasteiger partial charge in [0.1, 0.15) is 5.75 Å². The van der Waals surface area contributed by atoms with Gasteiger partial charge in [-0.3, -0.25) is 4.99 Å². The number of hydrogen-bond donors (Lipinski definition) is 0. The normalized spacial score (nSPS) is 15.7. The van der Waals surface area contributed by atoms with Crippen molar-refractivity contribution in [1.82, 2.24) is 0 Å². The van der Waals surface area contributed by atoms with Gasteiger partial charge in [0, 0.05) is 5.75 Å². The van der Waals surface area contributed by atoms with Gasteiger partial charge in [0.2, 0.25) is 4.38 Å². The number of aliphatic imine (C=N–C) groups is 1. The van der Waals surface area contributed by atoms with Crippen molar-refractivity contribution in [2.24, 2.45) is 4.99 Å². The molecule has 1 aromatic rings. The fraction of sp³-hybridized carbons (Fsp3) is 0.364. The van der Waals surface area contributed by atoms with Crippen molar-refractivity contribution < 1.29 is 12.6 Å². The van der Waals surface area contributed by atoms with Crippen LogP contribution in [0.25, 0.3) is 0 Å². The summed E-state index contributed by atoms with van der Waals surface area (Å²) >= 11 is 1.22. The van der Waals surface area contributed by atoms with Gasteiger partial charge in [-0.2, -0.15) is 8.42 Å². The van der Waals surface area contributed by atoms with Crippen LogP contribution in [0.15, 0.2) is 29.3 Å². The molecule has 0 spiro atoms. The summed E-state index contributed by atoms with van der Waals surface area (Å²) < 4.78 is 28.8. The third-order valence-electron chi connectivity index (χ3n) is 2.28. The molecule has 0 atom stereocenters. The molecule has 0 fully saturated rings. The minimum absolute atomic E-state index is 0.0828. The molecule has 2 rings (SSSR count). The summed E-state index contributed by atoms with van der Waals surface area (Å²) in [4.78, 5) is 3.91. The highest BCUT2D eigenvalue weighted by atomic mass is 32.3. The molecule has 1 heterocycles. The third-order valence-corrected chi connectivity index (χ3v) is 4.98. The zero-order chi connectivity index (χ0) is 12.3. The molecule has 0 unspecified atom stereocenters. The first kappa shape index (κ1) is 12.4. The van der Waals surface area contributed by atoms with Crippen molar-refractivity contribution in [3.8, 4) is 5.75 Å². The van der Waals surface area contributed by atoms with Crippen molar-refractivity contribution >= 4 is 26.3 Å². The smallest absolute Gasteiger partial charge is 0.362 e. The Kier molecular flexibility index (Phi) is 3.73. The maximum absolute atomic E-state index is 11.8. The summed E-state index contributed by atoms with van der Waals surface area (Å²) in [5.74, 6) is 1.05. The molecule has 4 nitrogen and oxygen atoms in total. The summed E-state index contributed by atoms with van der Waals surface area (Å²) in [7, 11) is -3.73. The van der Waals surface area contributed by atoms with Crippen LogP contribution >= 0.6 is 11.8 Å². The van der Waals surface area contributed by atoms with Crippen LogP contribution in [0.4, 0.5) is 0 Å². The van der Waals surface area contributed by atoms with E-state index >= 15 is 0 Å². The number of aryl methyl sites for hydroxylation is 1. The predicted octanol–water partition coefficient (Wildman–Crippen LogP) is 2.06. The first-order valence-electron chi connectivity index (χ1n) is 5.32. The molecule has 1 aromatic carbocycles. The van der Waals surface area contributed by atoms with E-state index in [1.165, 1.54) is 11.8 Å². The molecule has 17 heavy (non-hydrogen) atoms. The highest BCUT2D eigenvalue weighted by molar-refractivity contribution is 8.34. The first-order chi connectivity index (χ1) is 8.12. The molecule has 1 aliphatic rings. The molecule has 0 N–H and O–H groups in total. The van der Waals surface area contributed by atoms with Gasteiger partial charge in [-0.1, -0.05) is 30.8 Å². The van der Waals surface area contributed by atoms with Crippen LogP contribution in [0.5, 0.6) is 5.75 Å². The lowest BCUT2D eigenvalue weighted by molar-refractivity contribution is 0.500. The van der Waals surface area contributed by atoms with E-state index in [2.05, 4.69) is 4.99 Å². The molecule has 0 radical (unpaired) electrons. The third kappa shape index (κ3) is 3.01. The summed E-state index contributed by atoms with van der Waals surface area (Å²) in [5, 5.41) is 0. The van der Waals surface area contributed by atoms with Gasteiger partial charge < -0.3 is 4.18 Å². The second-order valence-corrected chi connectivity index (χ2v) is 6.34. The number of benzene rings is 1. The molecule has 0 aliphatic carbocycles. The monoisotopic (exact) mass is 271 g/mol. The fourth-order valence-electron chi connectivity index (χ4n) is 1.45. The lowest BCUT2D eigenvalue weighted by atomic mass is 10.2. The standard InChI is InChI=1S/C11H13NO3S2/c1-2-9-4-3-5-10(8-9)15-17(13,14)11-12-6-7-16-11/h3-5,8H,2,6-7H2,1H3. The molecule has 0 saturated heterocycles. The second kappa shape index (κ2) is 5.10. The molecule has 6 heteroatoms. The van der Waals surface area contributed by atoms with E-state index in [9.17, 15) is 8.42 Å². The Morgan fingerprint density at radius 3 is 2.94 bits per heavy atom. The summed E-state index contributed by atoms with van der Waals surface area (Å²) in [5.41, 5.74) is 1.04. The van der Waals surface area contributed by atoms with Crippen molar-refractivity contribution in [3.63, 3.8) is 0 Å². The Morgan fingerprint density at radius 2 is 2.29 bits per heavy atom. The zero-order valence-corrected chi connectivity index (χ0v) is 11.1. The van der Waals surface area contributed by atoms with Crippen molar-refractivity contribution in [1.29, 1.82) is 0 Å². The number of hydrogen-bond acceptors (Lipinski definition) is 5. The molecule has 0 bridgehead atoms. The molecule has 1 aliphatic heterocycles. The van der Waals surface area contributed by atoms with Crippen molar-refractivity contribution in [2.45, 2.75) is 13.3 Å². The minimum Gasteiger partial charge on any atom is -0.378 e. The zero-order valence-electron chi connectivity index (χ0n) is 9.42. The minimum atomic E-state index is -3.73. The van der Waals surface area contributed by atoms with Crippen LogP contribution in [-0.2, 0) is 16.5 Å². The quantitative estimate of drug-likeness (QED) is 0.790. The fourth-order valence-corrected chi connectivity index (χ4v) is 3.59. The molecule has 92 valence electrons. The maximum atomic E-state index is 11.8. The molecule has 0 amide bonds. The highest BCUT2D eigenvalue weighted by Crippen LogP contribution is 2.22. The topological polar surface area (TPSA) is 55.7 Å². The molecular weight excluding hydrogens is 258 g/mol. The van der Waals surface area contributed by atoms with Crippen LogP contribution in [0, 0.1) is 0 Å².